The quantitative estimate of drug-likeness (QED) is 0.391. The minimum atomic E-state index is 0.354. The molecule has 2 fully saturated rings. The van der Waals surface area contributed by atoms with Crippen molar-refractivity contribution < 1.29 is 14.3 Å². The Labute approximate surface area is 234 Å². The minimum absolute atomic E-state index is 0.354. The van der Waals surface area contributed by atoms with E-state index in [1.807, 2.05) is 18.5 Å². The van der Waals surface area contributed by atoms with E-state index in [-0.39, 0.29) is 0 Å². The molecule has 0 N–H and O–H groups in total. The Balaban J connectivity index is 1.29. The third-order valence-electron chi connectivity index (χ3n) is 8.87. The van der Waals surface area contributed by atoms with Gasteiger partial charge >= 0.3 is 0 Å². The van der Waals surface area contributed by atoms with Crippen LogP contribution in [0.2, 0.25) is 0 Å². The topological polar surface area (TPSA) is 58.1 Å². The first-order valence-corrected chi connectivity index (χ1v) is 14.9. The largest absolute Gasteiger partial charge is 0.493 e. The normalized spacial score (nSPS) is 21.8. The van der Waals surface area contributed by atoms with Crippen molar-refractivity contribution in [1.29, 1.82) is 0 Å². The Morgan fingerprint density at radius 3 is 2.59 bits per heavy atom. The number of ether oxygens (including phenoxy) is 2. The summed E-state index contributed by atoms with van der Waals surface area (Å²) in [4.78, 5) is 25.1. The molecule has 3 aliphatic rings. The molecule has 0 spiro atoms. The first kappa shape index (κ1) is 27.9. The van der Waals surface area contributed by atoms with Crippen molar-refractivity contribution >= 4 is 5.91 Å². The average molecular weight is 535 g/mol. The number of amides is 1. The second-order valence-electron chi connectivity index (χ2n) is 11.7. The van der Waals surface area contributed by atoms with Crippen LogP contribution in [0.5, 0.6) is 11.5 Å². The molecule has 1 aromatic heterocycles. The average Bonchev–Trinajstić information content (AvgIpc) is 3.79. The SMILES string of the molecule is CCCN(CC1CC1)C(=O)CC[C@H]1CN(Cc2cccnc2)CC[C@H]1N1CCc2cc(OC)c(OC)cc2C1. The molecular weight excluding hydrogens is 488 g/mol. The number of fused-ring (bicyclic) bond motifs is 1. The van der Waals surface area contributed by atoms with Gasteiger partial charge in [-0.3, -0.25) is 19.6 Å². The Hall–Kier alpha value is -2.64. The fourth-order valence-corrected chi connectivity index (χ4v) is 6.61. The number of hydrogen-bond donors (Lipinski definition) is 0. The third kappa shape index (κ3) is 7.12. The summed E-state index contributed by atoms with van der Waals surface area (Å²) in [6.45, 7) is 9.03. The maximum atomic E-state index is 13.4. The summed E-state index contributed by atoms with van der Waals surface area (Å²) in [6.07, 6.45) is 11.2. The molecule has 3 heterocycles. The van der Waals surface area contributed by atoms with Crippen LogP contribution in [0.3, 0.4) is 0 Å². The molecule has 2 atom stereocenters. The molecule has 2 aliphatic heterocycles. The number of likely N-dealkylation sites (tertiary alicyclic amines) is 1. The molecule has 0 radical (unpaired) electrons. The van der Waals surface area contributed by atoms with E-state index in [9.17, 15) is 4.79 Å². The van der Waals surface area contributed by atoms with Crippen molar-refractivity contribution in [2.75, 3.05) is 46.9 Å². The van der Waals surface area contributed by atoms with E-state index in [0.29, 0.717) is 24.3 Å². The molecule has 1 saturated carbocycles. The molecule has 0 bridgehead atoms. The first-order chi connectivity index (χ1) is 19.1. The van der Waals surface area contributed by atoms with Crippen molar-refractivity contribution in [2.45, 2.75) is 71.0 Å². The molecule has 0 unspecified atom stereocenters. The summed E-state index contributed by atoms with van der Waals surface area (Å²) < 4.78 is 11.2. The molecule has 5 rings (SSSR count). The summed E-state index contributed by atoms with van der Waals surface area (Å²) in [6, 6.07) is 8.99. The number of nitrogens with zero attached hydrogens (tertiary/aromatic N) is 4. The van der Waals surface area contributed by atoms with Gasteiger partial charge in [0.1, 0.15) is 0 Å². The van der Waals surface area contributed by atoms with Gasteiger partial charge in [0, 0.05) is 64.1 Å². The number of benzene rings is 1. The zero-order chi connectivity index (χ0) is 27.2. The van der Waals surface area contributed by atoms with Gasteiger partial charge in [0.2, 0.25) is 5.91 Å². The van der Waals surface area contributed by atoms with Gasteiger partial charge in [-0.2, -0.15) is 0 Å². The van der Waals surface area contributed by atoms with Crippen molar-refractivity contribution in [3.05, 3.63) is 53.3 Å². The van der Waals surface area contributed by atoms with Crippen LogP contribution in [0.1, 0.15) is 62.1 Å². The number of methoxy groups -OCH3 is 2. The highest BCUT2D eigenvalue weighted by Gasteiger charge is 2.36. The van der Waals surface area contributed by atoms with Crippen molar-refractivity contribution in [2.24, 2.45) is 11.8 Å². The van der Waals surface area contributed by atoms with Crippen LogP contribution in [0.15, 0.2) is 36.7 Å². The summed E-state index contributed by atoms with van der Waals surface area (Å²) >= 11 is 0. The molecule has 2 aromatic rings. The van der Waals surface area contributed by atoms with Gasteiger partial charge < -0.3 is 14.4 Å². The predicted octanol–water partition coefficient (Wildman–Crippen LogP) is 4.78. The van der Waals surface area contributed by atoms with Gasteiger partial charge in [-0.05, 0) is 91.8 Å². The zero-order valence-electron chi connectivity index (χ0n) is 24.1. The van der Waals surface area contributed by atoms with Crippen molar-refractivity contribution in [1.82, 2.24) is 19.7 Å². The molecule has 1 aromatic carbocycles. The summed E-state index contributed by atoms with van der Waals surface area (Å²) in [5.41, 5.74) is 3.96. The minimum Gasteiger partial charge on any atom is -0.493 e. The Kier molecular flexibility index (Phi) is 9.40. The Morgan fingerprint density at radius 2 is 1.90 bits per heavy atom. The summed E-state index contributed by atoms with van der Waals surface area (Å²) in [5.74, 6) is 3.17. The maximum Gasteiger partial charge on any atom is 0.222 e. The van der Waals surface area contributed by atoms with Gasteiger partial charge in [0.15, 0.2) is 11.5 Å². The molecule has 1 amide bonds. The monoisotopic (exact) mass is 534 g/mol. The Morgan fingerprint density at radius 1 is 1.10 bits per heavy atom. The maximum absolute atomic E-state index is 13.4. The molecule has 7 nitrogen and oxygen atoms in total. The lowest BCUT2D eigenvalue weighted by Crippen LogP contribution is -2.52. The summed E-state index contributed by atoms with van der Waals surface area (Å²) in [7, 11) is 3.41. The third-order valence-corrected chi connectivity index (χ3v) is 8.87. The molecule has 1 aliphatic carbocycles. The molecule has 39 heavy (non-hydrogen) atoms. The molecule has 1 saturated heterocycles. The van der Waals surface area contributed by atoms with E-state index in [0.717, 1.165) is 88.9 Å². The Bertz CT molecular complexity index is 1090. The lowest BCUT2D eigenvalue weighted by atomic mass is 9.85. The fourth-order valence-electron chi connectivity index (χ4n) is 6.61. The van der Waals surface area contributed by atoms with E-state index in [1.54, 1.807) is 14.2 Å². The molecule has 7 heteroatoms. The van der Waals surface area contributed by atoms with Crippen LogP contribution in [-0.2, 0) is 24.3 Å². The highest BCUT2D eigenvalue weighted by atomic mass is 16.5. The number of rotatable bonds is 12. The second kappa shape index (κ2) is 13.1. The summed E-state index contributed by atoms with van der Waals surface area (Å²) in [5, 5.41) is 0. The van der Waals surface area contributed by atoms with Gasteiger partial charge in [-0.1, -0.05) is 13.0 Å². The van der Waals surface area contributed by atoms with Crippen LogP contribution in [-0.4, -0.2) is 78.6 Å². The number of piperidine rings is 1. The zero-order valence-corrected chi connectivity index (χ0v) is 24.1. The van der Waals surface area contributed by atoms with Crippen LogP contribution < -0.4 is 9.47 Å². The van der Waals surface area contributed by atoms with Crippen molar-refractivity contribution in [3.8, 4) is 11.5 Å². The highest BCUT2D eigenvalue weighted by molar-refractivity contribution is 5.76. The van der Waals surface area contributed by atoms with Crippen LogP contribution in [0, 0.1) is 11.8 Å². The number of pyridine rings is 1. The van der Waals surface area contributed by atoms with Gasteiger partial charge in [-0.25, -0.2) is 0 Å². The van der Waals surface area contributed by atoms with Crippen LogP contribution in [0.4, 0.5) is 0 Å². The van der Waals surface area contributed by atoms with E-state index >= 15 is 0 Å². The molecular formula is C32H46N4O3. The van der Waals surface area contributed by atoms with E-state index < -0.39 is 0 Å². The van der Waals surface area contributed by atoms with E-state index in [2.05, 4.69) is 44.8 Å². The van der Waals surface area contributed by atoms with E-state index in [1.165, 1.54) is 29.5 Å². The van der Waals surface area contributed by atoms with Gasteiger partial charge in [0.05, 0.1) is 14.2 Å². The number of aromatic nitrogens is 1. The van der Waals surface area contributed by atoms with Gasteiger partial charge in [-0.15, -0.1) is 0 Å². The fraction of sp³-hybridized carbons (Fsp3) is 0.625. The first-order valence-electron chi connectivity index (χ1n) is 14.9. The number of carbonyl (C=O) groups excluding carboxylic acids is 1. The van der Waals surface area contributed by atoms with Crippen molar-refractivity contribution in [3.63, 3.8) is 0 Å². The highest BCUT2D eigenvalue weighted by Crippen LogP contribution is 2.36. The predicted molar refractivity (Wildman–Crippen MR) is 154 cm³/mol. The molecule has 212 valence electrons. The lowest BCUT2D eigenvalue weighted by molar-refractivity contribution is -0.132. The van der Waals surface area contributed by atoms with Gasteiger partial charge in [0.25, 0.3) is 0 Å². The lowest BCUT2D eigenvalue weighted by Gasteiger charge is -2.46. The smallest absolute Gasteiger partial charge is 0.222 e. The number of hydrogen-bond acceptors (Lipinski definition) is 6. The number of carbonyl (C=O) groups is 1. The van der Waals surface area contributed by atoms with Crippen LogP contribution in [0.25, 0.3) is 0 Å². The standard InChI is InChI=1S/C32H46N4O3/c1-4-14-36(21-24-7-8-24)32(37)10-9-27-22-34(20-25-6-5-13-33-19-25)15-12-29(27)35-16-11-26-17-30(38-2)31(39-3)18-28(26)23-35/h5-6,13,17-19,24,27,29H,4,7-12,14-16,20-23H2,1-3H3/t27-,29+/m0/s1. The second-order valence-corrected chi connectivity index (χ2v) is 11.7. The van der Waals surface area contributed by atoms with E-state index in [4.69, 9.17) is 9.47 Å². The van der Waals surface area contributed by atoms with Crippen LogP contribution >= 0.6 is 0 Å².